The molecule has 2 aromatic carbocycles. The fourth-order valence-corrected chi connectivity index (χ4v) is 1.96. The molecule has 0 bridgehead atoms. The minimum absolute atomic E-state index is 0.206. The summed E-state index contributed by atoms with van der Waals surface area (Å²) in [6, 6.07) is 12.0. The summed E-state index contributed by atoms with van der Waals surface area (Å²) in [5, 5.41) is 11.7. The van der Waals surface area contributed by atoms with Crippen LogP contribution in [0.25, 0.3) is 10.8 Å². The minimum Gasteiger partial charge on any atom is -0.488 e. The molecule has 0 saturated heterocycles. The maximum atomic E-state index is 9.40. The Morgan fingerprint density at radius 3 is 2.41 bits per heavy atom. The number of aliphatic hydroxyl groups is 1. The zero-order valence-corrected chi connectivity index (χ0v) is 11.4. The van der Waals surface area contributed by atoms with Crippen LogP contribution < -0.4 is 4.74 Å². The summed E-state index contributed by atoms with van der Waals surface area (Å²) < 4.78 is 6.72. The first-order valence-corrected chi connectivity index (χ1v) is 6.39. The van der Waals surface area contributed by atoms with Crippen LogP contribution in [0.2, 0.25) is 0 Å². The predicted molar refractivity (Wildman–Crippen MR) is 73.4 cm³/mol. The van der Waals surface area contributed by atoms with Gasteiger partial charge in [-0.2, -0.15) is 0 Å². The Kier molecular flexibility index (Phi) is 3.69. The molecule has 90 valence electrons. The zero-order valence-electron chi connectivity index (χ0n) is 9.85. The summed E-state index contributed by atoms with van der Waals surface area (Å²) in [7, 11) is 0. The Hall–Kier alpha value is -1.06. The van der Waals surface area contributed by atoms with Crippen molar-refractivity contribution in [3.05, 3.63) is 40.9 Å². The normalized spacial score (nSPS) is 14.6. The molecule has 0 heterocycles. The molecule has 0 amide bonds. The first-order valence-electron chi connectivity index (χ1n) is 5.60. The van der Waals surface area contributed by atoms with Gasteiger partial charge in [-0.1, -0.05) is 28.1 Å². The molecule has 0 aromatic heterocycles. The van der Waals surface area contributed by atoms with E-state index in [9.17, 15) is 5.11 Å². The highest BCUT2D eigenvalue weighted by atomic mass is 79.9. The standard InChI is InChI=1S/C14H15BrO2/c1-9(16)10(2)17-14-6-4-11-7-13(15)5-3-12(11)8-14/h3-10,16H,1-2H3. The summed E-state index contributed by atoms with van der Waals surface area (Å²) in [5.41, 5.74) is 0. The van der Waals surface area contributed by atoms with Gasteiger partial charge in [-0.25, -0.2) is 0 Å². The fourth-order valence-electron chi connectivity index (χ4n) is 1.58. The van der Waals surface area contributed by atoms with E-state index in [1.165, 1.54) is 0 Å². The van der Waals surface area contributed by atoms with E-state index >= 15 is 0 Å². The smallest absolute Gasteiger partial charge is 0.121 e. The zero-order chi connectivity index (χ0) is 12.4. The number of fused-ring (bicyclic) bond motifs is 1. The Morgan fingerprint density at radius 2 is 1.71 bits per heavy atom. The van der Waals surface area contributed by atoms with E-state index in [0.717, 1.165) is 21.0 Å². The lowest BCUT2D eigenvalue weighted by molar-refractivity contribution is 0.0605. The van der Waals surface area contributed by atoms with Crippen LogP contribution in [-0.2, 0) is 0 Å². The molecular weight excluding hydrogens is 280 g/mol. The van der Waals surface area contributed by atoms with Crippen LogP contribution in [0.4, 0.5) is 0 Å². The van der Waals surface area contributed by atoms with Crippen molar-refractivity contribution in [2.24, 2.45) is 0 Å². The molecule has 0 fully saturated rings. The van der Waals surface area contributed by atoms with E-state index < -0.39 is 6.10 Å². The largest absolute Gasteiger partial charge is 0.488 e. The van der Waals surface area contributed by atoms with Gasteiger partial charge in [0.15, 0.2) is 0 Å². The van der Waals surface area contributed by atoms with Crippen LogP contribution in [-0.4, -0.2) is 17.3 Å². The summed E-state index contributed by atoms with van der Waals surface area (Å²) in [4.78, 5) is 0. The molecule has 0 aliphatic heterocycles. The number of aliphatic hydroxyl groups excluding tert-OH is 1. The van der Waals surface area contributed by atoms with Crippen molar-refractivity contribution in [1.82, 2.24) is 0 Å². The van der Waals surface area contributed by atoms with Gasteiger partial charge in [-0.05, 0) is 48.9 Å². The van der Waals surface area contributed by atoms with Gasteiger partial charge in [0.2, 0.25) is 0 Å². The second-order valence-corrected chi connectivity index (χ2v) is 5.13. The van der Waals surface area contributed by atoms with Gasteiger partial charge in [0.25, 0.3) is 0 Å². The summed E-state index contributed by atoms with van der Waals surface area (Å²) in [6.07, 6.45) is -0.682. The van der Waals surface area contributed by atoms with E-state index in [1.807, 2.05) is 37.3 Å². The molecule has 0 saturated carbocycles. The van der Waals surface area contributed by atoms with Crippen molar-refractivity contribution in [3.8, 4) is 5.75 Å². The van der Waals surface area contributed by atoms with Gasteiger partial charge in [-0.3, -0.25) is 0 Å². The van der Waals surface area contributed by atoms with E-state index in [2.05, 4.69) is 22.0 Å². The molecule has 2 rings (SSSR count). The highest BCUT2D eigenvalue weighted by molar-refractivity contribution is 9.10. The van der Waals surface area contributed by atoms with E-state index in [0.29, 0.717) is 0 Å². The average Bonchev–Trinajstić information content (AvgIpc) is 2.29. The van der Waals surface area contributed by atoms with Crippen molar-refractivity contribution in [2.45, 2.75) is 26.1 Å². The van der Waals surface area contributed by atoms with Crippen LogP contribution in [0.5, 0.6) is 5.75 Å². The summed E-state index contributed by atoms with van der Waals surface area (Å²) in [5.74, 6) is 0.785. The molecule has 0 spiro atoms. The lowest BCUT2D eigenvalue weighted by atomic mass is 10.1. The molecule has 17 heavy (non-hydrogen) atoms. The molecule has 0 aliphatic carbocycles. The Morgan fingerprint density at radius 1 is 1.06 bits per heavy atom. The van der Waals surface area contributed by atoms with Crippen LogP contribution >= 0.6 is 15.9 Å². The maximum Gasteiger partial charge on any atom is 0.121 e. The number of rotatable bonds is 3. The molecule has 1 N–H and O–H groups in total. The maximum absolute atomic E-state index is 9.40. The van der Waals surface area contributed by atoms with Crippen LogP contribution in [0.1, 0.15) is 13.8 Å². The van der Waals surface area contributed by atoms with Gasteiger partial charge < -0.3 is 9.84 Å². The van der Waals surface area contributed by atoms with Gasteiger partial charge in [0.05, 0.1) is 6.10 Å². The van der Waals surface area contributed by atoms with Gasteiger partial charge in [0, 0.05) is 4.47 Å². The molecule has 2 nitrogen and oxygen atoms in total. The Labute approximate surface area is 109 Å². The quantitative estimate of drug-likeness (QED) is 0.934. The van der Waals surface area contributed by atoms with E-state index in [1.54, 1.807) is 6.92 Å². The highest BCUT2D eigenvalue weighted by Gasteiger charge is 2.10. The first-order chi connectivity index (χ1) is 8.06. The topological polar surface area (TPSA) is 29.5 Å². The van der Waals surface area contributed by atoms with Gasteiger partial charge >= 0.3 is 0 Å². The average molecular weight is 295 g/mol. The molecule has 2 aromatic rings. The first kappa shape index (κ1) is 12.4. The van der Waals surface area contributed by atoms with Crippen molar-refractivity contribution in [2.75, 3.05) is 0 Å². The number of hydrogen-bond acceptors (Lipinski definition) is 2. The number of halogens is 1. The van der Waals surface area contributed by atoms with Crippen molar-refractivity contribution in [1.29, 1.82) is 0 Å². The minimum atomic E-state index is -0.476. The van der Waals surface area contributed by atoms with Crippen LogP contribution in [0, 0.1) is 0 Å². The molecule has 0 aliphatic rings. The second kappa shape index (κ2) is 5.07. The third kappa shape index (κ3) is 2.99. The summed E-state index contributed by atoms with van der Waals surface area (Å²) in [6.45, 7) is 3.58. The third-order valence-electron chi connectivity index (χ3n) is 2.78. The van der Waals surface area contributed by atoms with E-state index in [-0.39, 0.29) is 6.10 Å². The third-order valence-corrected chi connectivity index (χ3v) is 3.27. The van der Waals surface area contributed by atoms with Gasteiger partial charge in [-0.15, -0.1) is 0 Å². The van der Waals surface area contributed by atoms with Crippen LogP contribution in [0.3, 0.4) is 0 Å². The van der Waals surface area contributed by atoms with Crippen molar-refractivity contribution >= 4 is 26.7 Å². The van der Waals surface area contributed by atoms with Crippen molar-refractivity contribution in [3.63, 3.8) is 0 Å². The lowest BCUT2D eigenvalue weighted by Crippen LogP contribution is -2.25. The molecular formula is C14H15BrO2. The Bertz CT molecular complexity index is 523. The number of hydrogen-bond donors (Lipinski definition) is 1. The lowest BCUT2D eigenvalue weighted by Gasteiger charge is -2.17. The van der Waals surface area contributed by atoms with Gasteiger partial charge in [0.1, 0.15) is 11.9 Å². The molecule has 3 heteroatoms. The SMILES string of the molecule is CC(O)C(C)Oc1ccc2cc(Br)ccc2c1. The number of ether oxygens (including phenoxy) is 1. The monoisotopic (exact) mass is 294 g/mol. The molecule has 2 unspecified atom stereocenters. The molecule has 2 atom stereocenters. The predicted octanol–water partition coefficient (Wildman–Crippen LogP) is 3.75. The number of benzene rings is 2. The summed E-state index contributed by atoms with van der Waals surface area (Å²) >= 11 is 3.45. The second-order valence-electron chi connectivity index (χ2n) is 4.22. The van der Waals surface area contributed by atoms with Crippen molar-refractivity contribution < 1.29 is 9.84 Å². The molecule has 0 radical (unpaired) electrons. The van der Waals surface area contributed by atoms with Crippen LogP contribution in [0.15, 0.2) is 40.9 Å². The highest BCUT2D eigenvalue weighted by Crippen LogP contribution is 2.24. The fraction of sp³-hybridized carbons (Fsp3) is 0.286. The van der Waals surface area contributed by atoms with E-state index in [4.69, 9.17) is 4.74 Å². The Balaban J connectivity index is 2.29.